The van der Waals surface area contributed by atoms with Gasteiger partial charge in [-0.15, -0.1) is 0 Å². The Kier molecular flexibility index (Phi) is 3.55. The van der Waals surface area contributed by atoms with Gasteiger partial charge in [-0.3, -0.25) is 4.79 Å². The van der Waals surface area contributed by atoms with E-state index in [1.165, 1.54) is 16.7 Å². The molecule has 1 atom stereocenters. The first kappa shape index (κ1) is 12.9. The number of carbonyl (C=O) groups is 1. The van der Waals surface area contributed by atoms with E-state index in [4.69, 9.17) is 0 Å². The third-order valence-corrected chi connectivity index (χ3v) is 4.10. The minimum atomic E-state index is -0.0545. The van der Waals surface area contributed by atoms with Crippen LogP contribution in [0.15, 0.2) is 54.6 Å². The van der Waals surface area contributed by atoms with Crippen LogP contribution in [0.1, 0.15) is 22.6 Å². The van der Waals surface area contributed by atoms with Gasteiger partial charge in [-0.05, 0) is 29.5 Å². The summed E-state index contributed by atoms with van der Waals surface area (Å²) in [5, 5.41) is 0. The molecule has 2 aromatic rings. The molecule has 20 heavy (non-hydrogen) atoms. The van der Waals surface area contributed by atoms with Crippen LogP contribution in [0.5, 0.6) is 0 Å². The first-order chi connectivity index (χ1) is 9.75. The Morgan fingerprint density at radius 1 is 1.05 bits per heavy atom. The van der Waals surface area contributed by atoms with Crippen molar-refractivity contribution in [3.63, 3.8) is 0 Å². The fourth-order valence-corrected chi connectivity index (χ4v) is 2.95. The van der Waals surface area contributed by atoms with Crippen LogP contribution in [-0.4, -0.2) is 24.4 Å². The minimum absolute atomic E-state index is 0.0545. The molecular formula is C18H19NO. The number of nitrogens with zero attached hydrogens (tertiary/aromatic N) is 1. The van der Waals surface area contributed by atoms with Crippen molar-refractivity contribution in [1.82, 2.24) is 4.90 Å². The van der Waals surface area contributed by atoms with Crippen molar-refractivity contribution in [2.45, 2.75) is 18.8 Å². The van der Waals surface area contributed by atoms with Gasteiger partial charge >= 0.3 is 0 Å². The van der Waals surface area contributed by atoms with E-state index in [0.29, 0.717) is 0 Å². The molecule has 2 heteroatoms. The van der Waals surface area contributed by atoms with E-state index in [9.17, 15) is 4.79 Å². The van der Waals surface area contributed by atoms with Crippen molar-refractivity contribution in [3.05, 3.63) is 71.3 Å². The van der Waals surface area contributed by atoms with E-state index < -0.39 is 0 Å². The largest absolute Gasteiger partial charge is 0.345 e. The van der Waals surface area contributed by atoms with Gasteiger partial charge in [0.25, 0.3) is 0 Å². The Hall–Kier alpha value is -2.09. The Morgan fingerprint density at radius 3 is 2.55 bits per heavy atom. The fourth-order valence-electron chi connectivity index (χ4n) is 2.95. The lowest BCUT2D eigenvalue weighted by atomic mass is 9.88. The first-order valence-corrected chi connectivity index (χ1v) is 7.12. The number of rotatable bonds is 2. The lowest BCUT2D eigenvalue weighted by Gasteiger charge is -2.21. The number of hydrogen-bond donors (Lipinski definition) is 0. The summed E-state index contributed by atoms with van der Waals surface area (Å²) < 4.78 is 0. The molecule has 0 saturated heterocycles. The molecule has 0 aliphatic carbocycles. The predicted molar refractivity (Wildman–Crippen MR) is 80.7 cm³/mol. The molecule has 0 radical (unpaired) electrons. The second-order valence-corrected chi connectivity index (χ2v) is 5.45. The number of amides is 1. The molecule has 0 unspecified atom stereocenters. The summed E-state index contributed by atoms with van der Waals surface area (Å²) in [7, 11) is 1.91. The van der Waals surface area contributed by atoms with Crippen LogP contribution in [0.2, 0.25) is 0 Å². The van der Waals surface area contributed by atoms with Crippen LogP contribution in [0.25, 0.3) is 0 Å². The molecule has 1 aliphatic rings. The Morgan fingerprint density at radius 2 is 1.75 bits per heavy atom. The molecular weight excluding hydrogens is 246 g/mol. The van der Waals surface area contributed by atoms with E-state index >= 15 is 0 Å². The zero-order valence-electron chi connectivity index (χ0n) is 11.8. The summed E-state index contributed by atoms with van der Waals surface area (Å²) in [5.41, 5.74) is 3.73. The van der Waals surface area contributed by atoms with Gasteiger partial charge in [-0.25, -0.2) is 0 Å². The third kappa shape index (κ3) is 2.46. The van der Waals surface area contributed by atoms with Crippen molar-refractivity contribution in [1.29, 1.82) is 0 Å². The highest BCUT2D eigenvalue weighted by Crippen LogP contribution is 2.29. The van der Waals surface area contributed by atoms with Gasteiger partial charge < -0.3 is 4.90 Å². The third-order valence-electron chi connectivity index (χ3n) is 4.10. The van der Waals surface area contributed by atoms with Gasteiger partial charge in [0.15, 0.2) is 0 Å². The van der Waals surface area contributed by atoms with Gasteiger partial charge in [0, 0.05) is 13.6 Å². The Labute approximate surface area is 120 Å². The van der Waals surface area contributed by atoms with Crippen molar-refractivity contribution >= 4 is 5.91 Å². The monoisotopic (exact) mass is 265 g/mol. The summed E-state index contributed by atoms with van der Waals surface area (Å²) in [6.45, 7) is 0.807. The molecule has 2 nitrogen and oxygen atoms in total. The van der Waals surface area contributed by atoms with Gasteiger partial charge in [0.2, 0.25) is 5.91 Å². The summed E-state index contributed by atoms with van der Waals surface area (Å²) in [5.74, 6) is 0.180. The van der Waals surface area contributed by atoms with Crippen LogP contribution in [0, 0.1) is 0 Å². The van der Waals surface area contributed by atoms with Crippen molar-refractivity contribution in [2.75, 3.05) is 13.6 Å². The zero-order valence-corrected chi connectivity index (χ0v) is 11.8. The molecule has 1 aliphatic heterocycles. The van der Waals surface area contributed by atoms with E-state index in [1.54, 1.807) is 0 Å². The van der Waals surface area contributed by atoms with Crippen LogP contribution < -0.4 is 0 Å². The van der Waals surface area contributed by atoms with Crippen molar-refractivity contribution < 1.29 is 4.79 Å². The average molecular weight is 265 g/mol. The maximum absolute atomic E-state index is 12.6. The minimum Gasteiger partial charge on any atom is -0.345 e. The molecule has 0 aromatic heterocycles. The zero-order chi connectivity index (χ0) is 13.9. The van der Waals surface area contributed by atoms with Crippen LogP contribution in [-0.2, 0) is 17.6 Å². The molecule has 1 amide bonds. The highest BCUT2D eigenvalue weighted by atomic mass is 16.2. The number of benzene rings is 2. The first-order valence-electron chi connectivity index (χ1n) is 7.12. The molecule has 0 spiro atoms. The molecule has 2 aromatic carbocycles. The van der Waals surface area contributed by atoms with Gasteiger partial charge in [-0.1, -0.05) is 54.6 Å². The smallest absolute Gasteiger partial charge is 0.230 e. The van der Waals surface area contributed by atoms with Gasteiger partial charge in [-0.2, -0.15) is 0 Å². The number of carbonyl (C=O) groups excluding carboxylic acids is 1. The summed E-state index contributed by atoms with van der Waals surface area (Å²) >= 11 is 0. The standard InChI is InChI=1S/C18H19NO/c1-19-12-11-15-9-5-6-10-16(15)17(18(19)20)13-14-7-3-2-4-8-14/h2-10,17H,11-13H2,1H3/t17-/m1/s1. The van der Waals surface area contributed by atoms with Gasteiger partial charge in [0.1, 0.15) is 0 Å². The molecule has 0 N–H and O–H groups in total. The molecule has 0 bridgehead atoms. The summed E-state index contributed by atoms with van der Waals surface area (Å²) in [6, 6.07) is 18.6. The molecule has 0 fully saturated rings. The maximum Gasteiger partial charge on any atom is 0.230 e. The van der Waals surface area contributed by atoms with Gasteiger partial charge in [0.05, 0.1) is 5.92 Å². The maximum atomic E-state index is 12.6. The van der Waals surface area contributed by atoms with Crippen molar-refractivity contribution in [3.8, 4) is 0 Å². The summed E-state index contributed by atoms with van der Waals surface area (Å²) in [4.78, 5) is 14.5. The second kappa shape index (κ2) is 5.49. The highest BCUT2D eigenvalue weighted by Gasteiger charge is 2.28. The average Bonchev–Trinajstić information content (AvgIpc) is 2.61. The molecule has 1 heterocycles. The summed E-state index contributed by atoms with van der Waals surface area (Å²) in [6.07, 6.45) is 1.73. The van der Waals surface area contributed by atoms with E-state index in [1.807, 2.05) is 36.2 Å². The quantitative estimate of drug-likeness (QED) is 0.817. The predicted octanol–water partition coefficient (Wildman–Crippen LogP) is 3.03. The fraction of sp³-hybridized carbons (Fsp3) is 0.278. The normalized spacial score (nSPS) is 18.6. The second-order valence-electron chi connectivity index (χ2n) is 5.45. The van der Waals surface area contributed by atoms with E-state index in [-0.39, 0.29) is 11.8 Å². The van der Waals surface area contributed by atoms with Crippen LogP contribution in [0.3, 0.4) is 0 Å². The molecule has 0 saturated carbocycles. The van der Waals surface area contributed by atoms with E-state index in [0.717, 1.165) is 19.4 Å². The van der Waals surface area contributed by atoms with Crippen LogP contribution in [0.4, 0.5) is 0 Å². The topological polar surface area (TPSA) is 20.3 Å². The molecule has 102 valence electrons. The highest BCUT2D eigenvalue weighted by molar-refractivity contribution is 5.85. The molecule has 3 rings (SSSR count). The SMILES string of the molecule is CN1CCc2ccccc2[C@@H](Cc2ccccc2)C1=O. The lowest BCUT2D eigenvalue weighted by molar-refractivity contribution is -0.131. The number of likely N-dealkylation sites (N-methyl/N-ethyl adjacent to an activating group) is 1. The van der Waals surface area contributed by atoms with Crippen LogP contribution >= 0.6 is 0 Å². The Bertz CT molecular complexity index is 606. The number of hydrogen-bond acceptors (Lipinski definition) is 1. The number of fused-ring (bicyclic) bond motifs is 1. The lowest BCUT2D eigenvalue weighted by Crippen LogP contribution is -2.31. The Balaban J connectivity index is 1.99. The van der Waals surface area contributed by atoms with Crippen molar-refractivity contribution in [2.24, 2.45) is 0 Å². The van der Waals surface area contributed by atoms with E-state index in [2.05, 4.69) is 30.3 Å².